The summed E-state index contributed by atoms with van der Waals surface area (Å²) >= 11 is 11.2. The molecule has 16 heavy (non-hydrogen) atoms. The highest BCUT2D eigenvalue weighted by Gasteiger charge is 2.11. The van der Waals surface area contributed by atoms with Gasteiger partial charge in [0.1, 0.15) is 5.02 Å². The second kappa shape index (κ2) is 5.16. The van der Waals surface area contributed by atoms with Crippen LogP contribution in [0.2, 0.25) is 10.0 Å². The van der Waals surface area contributed by atoms with Crippen molar-refractivity contribution in [3.8, 4) is 0 Å². The first-order valence-electron chi connectivity index (χ1n) is 4.49. The third-order valence-electron chi connectivity index (χ3n) is 2.00. The molecule has 1 aromatic heterocycles. The predicted octanol–water partition coefficient (Wildman–Crippen LogP) is 0.985. The summed E-state index contributed by atoms with van der Waals surface area (Å²) in [5.41, 5.74) is -0.583. The van der Waals surface area contributed by atoms with E-state index in [4.69, 9.17) is 23.2 Å². The van der Waals surface area contributed by atoms with Crippen LogP contribution in [-0.4, -0.2) is 29.7 Å². The standard InChI is InChI=1S/C8H10Cl2N2O3S/c1-2-16(14,15)4-3-12-8(13)7(10)6(9)5-11-12/h5H,2-4H2,1H3. The van der Waals surface area contributed by atoms with Crippen LogP contribution in [-0.2, 0) is 16.4 Å². The van der Waals surface area contributed by atoms with Crippen LogP contribution < -0.4 is 5.56 Å². The molecule has 0 atom stereocenters. The molecule has 0 aromatic carbocycles. The van der Waals surface area contributed by atoms with E-state index in [1.807, 2.05) is 0 Å². The maximum atomic E-state index is 11.5. The summed E-state index contributed by atoms with van der Waals surface area (Å²) in [6.07, 6.45) is 1.21. The Labute approximate surface area is 103 Å². The largest absolute Gasteiger partial charge is 0.287 e. The van der Waals surface area contributed by atoms with Crippen molar-refractivity contribution in [1.82, 2.24) is 9.78 Å². The third-order valence-corrected chi connectivity index (χ3v) is 4.43. The summed E-state index contributed by atoms with van der Waals surface area (Å²) in [7, 11) is -3.13. The molecule has 5 nitrogen and oxygen atoms in total. The maximum absolute atomic E-state index is 11.5. The topological polar surface area (TPSA) is 69.0 Å². The van der Waals surface area contributed by atoms with Crippen molar-refractivity contribution in [2.45, 2.75) is 13.5 Å². The molecule has 0 fully saturated rings. The van der Waals surface area contributed by atoms with Gasteiger partial charge in [-0.05, 0) is 0 Å². The molecule has 1 heterocycles. The van der Waals surface area contributed by atoms with Crippen molar-refractivity contribution in [1.29, 1.82) is 0 Å². The summed E-state index contributed by atoms with van der Waals surface area (Å²) in [5.74, 6) is -0.114. The van der Waals surface area contributed by atoms with E-state index in [9.17, 15) is 13.2 Å². The number of hydrogen-bond acceptors (Lipinski definition) is 4. The molecule has 0 saturated carbocycles. The van der Waals surface area contributed by atoms with Gasteiger partial charge in [-0.2, -0.15) is 5.10 Å². The Bertz CT molecular complexity index is 539. The number of aryl methyl sites for hydroxylation is 1. The third kappa shape index (κ3) is 3.20. The van der Waals surface area contributed by atoms with Gasteiger partial charge in [0, 0.05) is 5.75 Å². The summed E-state index contributed by atoms with van der Waals surface area (Å²) in [6, 6.07) is 0. The van der Waals surface area contributed by atoms with Gasteiger partial charge in [0.25, 0.3) is 5.56 Å². The van der Waals surface area contributed by atoms with Crippen LogP contribution in [0.5, 0.6) is 0 Å². The predicted molar refractivity (Wildman–Crippen MR) is 62.8 cm³/mol. The van der Waals surface area contributed by atoms with Crippen LogP contribution in [0.4, 0.5) is 0 Å². The molecule has 1 aromatic rings. The van der Waals surface area contributed by atoms with Gasteiger partial charge in [0.2, 0.25) is 0 Å². The fraction of sp³-hybridized carbons (Fsp3) is 0.500. The zero-order chi connectivity index (χ0) is 12.3. The van der Waals surface area contributed by atoms with E-state index in [1.54, 1.807) is 6.92 Å². The van der Waals surface area contributed by atoms with E-state index in [1.165, 1.54) is 6.20 Å². The van der Waals surface area contributed by atoms with Crippen molar-refractivity contribution in [2.24, 2.45) is 0 Å². The Morgan fingerprint density at radius 3 is 2.62 bits per heavy atom. The van der Waals surface area contributed by atoms with Crippen molar-refractivity contribution in [3.05, 3.63) is 26.6 Å². The average molecular weight is 285 g/mol. The normalized spacial score (nSPS) is 11.7. The van der Waals surface area contributed by atoms with E-state index in [2.05, 4.69) is 5.10 Å². The van der Waals surface area contributed by atoms with Gasteiger partial charge in [0.05, 0.1) is 23.5 Å². The van der Waals surface area contributed by atoms with Gasteiger partial charge < -0.3 is 0 Å². The Kier molecular flexibility index (Phi) is 4.35. The lowest BCUT2D eigenvalue weighted by atomic mass is 10.5. The fourth-order valence-corrected chi connectivity index (χ4v) is 1.98. The summed E-state index contributed by atoms with van der Waals surface area (Å²) in [4.78, 5) is 11.5. The molecule has 0 amide bonds. The molecule has 0 saturated heterocycles. The molecule has 0 aliphatic carbocycles. The van der Waals surface area contributed by atoms with E-state index in [0.717, 1.165) is 4.68 Å². The first kappa shape index (κ1) is 13.5. The van der Waals surface area contributed by atoms with Crippen LogP contribution in [0.1, 0.15) is 6.92 Å². The van der Waals surface area contributed by atoms with Gasteiger partial charge in [-0.3, -0.25) is 4.79 Å². The molecule has 0 aliphatic heterocycles. The molecule has 0 N–H and O–H groups in total. The van der Waals surface area contributed by atoms with Crippen LogP contribution in [0, 0.1) is 0 Å². The highest BCUT2D eigenvalue weighted by Crippen LogP contribution is 2.14. The Morgan fingerprint density at radius 1 is 1.44 bits per heavy atom. The van der Waals surface area contributed by atoms with Crippen LogP contribution in [0.15, 0.2) is 11.0 Å². The van der Waals surface area contributed by atoms with E-state index in [0.29, 0.717) is 0 Å². The molecule has 90 valence electrons. The van der Waals surface area contributed by atoms with Gasteiger partial charge in [-0.1, -0.05) is 30.1 Å². The molecular weight excluding hydrogens is 275 g/mol. The van der Waals surface area contributed by atoms with Gasteiger partial charge >= 0.3 is 0 Å². The van der Waals surface area contributed by atoms with Crippen molar-refractivity contribution in [2.75, 3.05) is 11.5 Å². The lowest BCUT2D eigenvalue weighted by Gasteiger charge is -2.05. The Hall–Kier alpha value is -0.590. The molecule has 8 heteroatoms. The number of sulfone groups is 1. The molecule has 0 spiro atoms. The highest BCUT2D eigenvalue weighted by atomic mass is 35.5. The zero-order valence-corrected chi connectivity index (χ0v) is 10.8. The van der Waals surface area contributed by atoms with Gasteiger partial charge in [-0.15, -0.1) is 0 Å². The number of hydrogen-bond donors (Lipinski definition) is 0. The van der Waals surface area contributed by atoms with Crippen LogP contribution in [0.25, 0.3) is 0 Å². The molecule has 0 aliphatic rings. The first-order chi connectivity index (χ1) is 7.37. The number of halogens is 2. The smallest absolute Gasteiger partial charge is 0.266 e. The second-order valence-corrected chi connectivity index (χ2v) is 6.33. The van der Waals surface area contributed by atoms with E-state index in [-0.39, 0.29) is 28.1 Å². The van der Waals surface area contributed by atoms with Gasteiger partial charge in [-0.25, -0.2) is 13.1 Å². The molecular formula is C8H10Cl2N2O3S. The molecule has 1 rings (SSSR count). The van der Waals surface area contributed by atoms with Crippen molar-refractivity contribution in [3.63, 3.8) is 0 Å². The Balaban J connectivity index is 2.93. The van der Waals surface area contributed by atoms with Crippen LogP contribution >= 0.6 is 23.2 Å². The number of aromatic nitrogens is 2. The minimum atomic E-state index is -3.13. The minimum absolute atomic E-state index is 0.0219. The Morgan fingerprint density at radius 2 is 2.06 bits per heavy atom. The number of rotatable bonds is 4. The first-order valence-corrected chi connectivity index (χ1v) is 7.06. The van der Waals surface area contributed by atoms with Gasteiger partial charge in [0.15, 0.2) is 9.84 Å². The highest BCUT2D eigenvalue weighted by molar-refractivity contribution is 7.91. The summed E-state index contributed by atoms with van der Waals surface area (Å²) in [6.45, 7) is 1.52. The molecule has 0 radical (unpaired) electrons. The van der Waals surface area contributed by atoms with Crippen molar-refractivity contribution < 1.29 is 8.42 Å². The molecule has 0 bridgehead atoms. The summed E-state index contributed by atoms with van der Waals surface area (Å²) < 4.78 is 23.5. The number of nitrogens with zero attached hydrogens (tertiary/aromatic N) is 2. The average Bonchev–Trinajstić information content (AvgIpc) is 2.25. The van der Waals surface area contributed by atoms with Crippen LogP contribution in [0.3, 0.4) is 0 Å². The SMILES string of the molecule is CCS(=O)(=O)CCn1ncc(Cl)c(Cl)c1=O. The monoisotopic (exact) mass is 284 g/mol. The quantitative estimate of drug-likeness (QED) is 0.827. The zero-order valence-electron chi connectivity index (χ0n) is 8.48. The summed E-state index contributed by atoms with van der Waals surface area (Å²) in [5, 5.41) is 3.61. The lowest BCUT2D eigenvalue weighted by Crippen LogP contribution is -2.27. The fourth-order valence-electron chi connectivity index (χ4n) is 0.974. The minimum Gasteiger partial charge on any atom is -0.266 e. The van der Waals surface area contributed by atoms with E-state index < -0.39 is 15.4 Å². The van der Waals surface area contributed by atoms with Crippen molar-refractivity contribution >= 4 is 33.0 Å². The van der Waals surface area contributed by atoms with E-state index >= 15 is 0 Å². The second-order valence-electron chi connectivity index (χ2n) is 3.07. The lowest BCUT2D eigenvalue weighted by molar-refractivity contribution is 0.572. The maximum Gasteiger partial charge on any atom is 0.287 e. The molecule has 0 unspecified atom stereocenters.